The lowest BCUT2D eigenvalue weighted by atomic mass is 10.0. The van der Waals surface area contributed by atoms with E-state index in [0.717, 1.165) is 18.7 Å². The molecule has 0 aliphatic carbocycles. The standard InChI is InChI=1S/C16H23N3/c1-5-16-15(11-19(4)18-16)14-8-6-13(7-9-14)10-17-12(2)3/h6-9,11-12,17H,5,10H2,1-4H3. The fourth-order valence-corrected chi connectivity index (χ4v) is 2.16. The molecule has 3 nitrogen and oxygen atoms in total. The fraction of sp³-hybridized carbons (Fsp3) is 0.438. The molecule has 0 amide bonds. The van der Waals surface area contributed by atoms with E-state index in [1.165, 1.54) is 16.7 Å². The fourth-order valence-electron chi connectivity index (χ4n) is 2.16. The molecule has 2 rings (SSSR count). The molecule has 2 aromatic rings. The molecule has 1 aromatic heterocycles. The van der Waals surface area contributed by atoms with E-state index in [9.17, 15) is 0 Å². The number of benzene rings is 1. The molecule has 19 heavy (non-hydrogen) atoms. The van der Waals surface area contributed by atoms with E-state index in [4.69, 9.17) is 0 Å². The van der Waals surface area contributed by atoms with Gasteiger partial charge in [-0.2, -0.15) is 5.10 Å². The Labute approximate surface area is 115 Å². The lowest BCUT2D eigenvalue weighted by Gasteiger charge is -2.08. The molecular formula is C16H23N3. The van der Waals surface area contributed by atoms with Crippen molar-refractivity contribution < 1.29 is 0 Å². The van der Waals surface area contributed by atoms with Crippen LogP contribution >= 0.6 is 0 Å². The third-order valence-electron chi connectivity index (χ3n) is 3.22. The van der Waals surface area contributed by atoms with Crippen molar-refractivity contribution in [3.05, 3.63) is 41.7 Å². The molecule has 0 bridgehead atoms. The predicted molar refractivity (Wildman–Crippen MR) is 80.0 cm³/mol. The molecule has 0 atom stereocenters. The minimum atomic E-state index is 0.518. The van der Waals surface area contributed by atoms with Crippen molar-refractivity contribution in [3.8, 4) is 11.1 Å². The van der Waals surface area contributed by atoms with Crippen LogP contribution in [-0.2, 0) is 20.0 Å². The third-order valence-corrected chi connectivity index (χ3v) is 3.22. The van der Waals surface area contributed by atoms with Gasteiger partial charge in [0.25, 0.3) is 0 Å². The van der Waals surface area contributed by atoms with Crippen LogP contribution in [0.15, 0.2) is 30.5 Å². The highest BCUT2D eigenvalue weighted by Gasteiger charge is 2.08. The van der Waals surface area contributed by atoms with Gasteiger partial charge in [-0.1, -0.05) is 45.0 Å². The van der Waals surface area contributed by atoms with Crippen LogP contribution in [0.3, 0.4) is 0 Å². The van der Waals surface area contributed by atoms with Gasteiger partial charge in [-0.3, -0.25) is 4.68 Å². The van der Waals surface area contributed by atoms with Gasteiger partial charge in [0, 0.05) is 31.4 Å². The van der Waals surface area contributed by atoms with E-state index >= 15 is 0 Å². The molecule has 0 saturated carbocycles. The zero-order chi connectivity index (χ0) is 13.8. The van der Waals surface area contributed by atoms with E-state index in [2.05, 4.69) is 61.6 Å². The van der Waals surface area contributed by atoms with Gasteiger partial charge in [-0.05, 0) is 17.5 Å². The van der Waals surface area contributed by atoms with Crippen LogP contribution < -0.4 is 5.32 Å². The van der Waals surface area contributed by atoms with Crippen molar-refractivity contribution >= 4 is 0 Å². The van der Waals surface area contributed by atoms with Gasteiger partial charge in [-0.25, -0.2) is 0 Å². The molecule has 0 unspecified atom stereocenters. The minimum Gasteiger partial charge on any atom is -0.310 e. The maximum absolute atomic E-state index is 4.49. The van der Waals surface area contributed by atoms with Gasteiger partial charge >= 0.3 is 0 Å². The second-order valence-corrected chi connectivity index (χ2v) is 5.25. The molecule has 0 radical (unpaired) electrons. The highest BCUT2D eigenvalue weighted by atomic mass is 15.2. The van der Waals surface area contributed by atoms with Crippen molar-refractivity contribution in [3.63, 3.8) is 0 Å². The maximum Gasteiger partial charge on any atom is 0.0700 e. The first-order valence-electron chi connectivity index (χ1n) is 6.95. The van der Waals surface area contributed by atoms with Crippen LogP contribution in [0, 0.1) is 0 Å². The third kappa shape index (κ3) is 3.44. The number of aromatic nitrogens is 2. The van der Waals surface area contributed by atoms with Crippen LogP contribution in [0.25, 0.3) is 11.1 Å². The zero-order valence-electron chi connectivity index (χ0n) is 12.3. The molecule has 0 aliphatic heterocycles. The summed E-state index contributed by atoms with van der Waals surface area (Å²) in [6, 6.07) is 9.28. The SMILES string of the molecule is CCc1nn(C)cc1-c1ccc(CNC(C)C)cc1. The molecule has 0 aliphatic rings. The maximum atomic E-state index is 4.49. The Morgan fingerprint density at radius 2 is 1.89 bits per heavy atom. The summed E-state index contributed by atoms with van der Waals surface area (Å²) in [6.07, 6.45) is 3.06. The van der Waals surface area contributed by atoms with E-state index in [0.29, 0.717) is 6.04 Å². The van der Waals surface area contributed by atoms with Crippen LogP contribution in [0.2, 0.25) is 0 Å². The lowest BCUT2D eigenvalue weighted by Crippen LogP contribution is -2.21. The first-order valence-corrected chi connectivity index (χ1v) is 6.95. The summed E-state index contributed by atoms with van der Waals surface area (Å²) in [5.41, 5.74) is 4.97. The van der Waals surface area contributed by atoms with Crippen molar-refractivity contribution in [1.29, 1.82) is 0 Å². The topological polar surface area (TPSA) is 29.9 Å². The summed E-state index contributed by atoms with van der Waals surface area (Å²) >= 11 is 0. The molecule has 1 aromatic carbocycles. The molecule has 1 N–H and O–H groups in total. The minimum absolute atomic E-state index is 0.518. The molecule has 0 fully saturated rings. The molecule has 0 spiro atoms. The number of hydrogen-bond acceptors (Lipinski definition) is 2. The Kier molecular flexibility index (Phi) is 4.38. The van der Waals surface area contributed by atoms with Crippen molar-refractivity contribution in [2.45, 2.75) is 39.8 Å². The van der Waals surface area contributed by atoms with Crippen molar-refractivity contribution in [2.75, 3.05) is 0 Å². The average Bonchev–Trinajstić information content (AvgIpc) is 2.78. The van der Waals surface area contributed by atoms with Gasteiger partial charge in [0.15, 0.2) is 0 Å². The largest absolute Gasteiger partial charge is 0.310 e. The summed E-state index contributed by atoms with van der Waals surface area (Å²) in [5, 5.41) is 7.92. The first kappa shape index (κ1) is 13.8. The number of nitrogens with zero attached hydrogens (tertiary/aromatic N) is 2. The summed E-state index contributed by atoms with van der Waals surface area (Å²) in [7, 11) is 1.98. The van der Waals surface area contributed by atoms with Gasteiger partial charge in [-0.15, -0.1) is 0 Å². The molecule has 102 valence electrons. The summed E-state index contributed by atoms with van der Waals surface area (Å²) in [6.45, 7) is 7.40. The van der Waals surface area contributed by atoms with Crippen LogP contribution in [0.1, 0.15) is 32.0 Å². The quantitative estimate of drug-likeness (QED) is 0.891. The highest BCUT2D eigenvalue weighted by Crippen LogP contribution is 2.23. The Morgan fingerprint density at radius 1 is 1.21 bits per heavy atom. The van der Waals surface area contributed by atoms with Gasteiger partial charge < -0.3 is 5.32 Å². The Hall–Kier alpha value is -1.61. The van der Waals surface area contributed by atoms with E-state index in [1.807, 2.05) is 11.7 Å². The van der Waals surface area contributed by atoms with Crippen molar-refractivity contribution in [2.24, 2.45) is 7.05 Å². The Balaban J connectivity index is 2.17. The van der Waals surface area contributed by atoms with E-state index in [-0.39, 0.29) is 0 Å². The van der Waals surface area contributed by atoms with E-state index < -0.39 is 0 Å². The summed E-state index contributed by atoms with van der Waals surface area (Å²) in [5.74, 6) is 0. The van der Waals surface area contributed by atoms with E-state index in [1.54, 1.807) is 0 Å². The summed E-state index contributed by atoms with van der Waals surface area (Å²) < 4.78 is 1.89. The van der Waals surface area contributed by atoms with Crippen LogP contribution in [0.4, 0.5) is 0 Å². The van der Waals surface area contributed by atoms with Gasteiger partial charge in [0.05, 0.1) is 5.69 Å². The van der Waals surface area contributed by atoms with Crippen LogP contribution in [0.5, 0.6) is 0 Å². The number of aryl methyl sites for hydroxylation is 2. The zero-order valence-corrected chi connectivity index (χ0v) is 12.3. The lowest BCUT2D eigenvalue weighted by molar-refractivity contribution is 0.589. The normalized spacial score (nSPS) is 11.2. The van der Waals surface area contributed by atoms with Crippen LogP contribution in [-0.4, -0.2) is 15.8 Å². The number of rotatable bonds is 5. The number of nitrogens with one attached hydrogen (secondary N) is 1. The second kappa shape index (κ2) is 6.02. The highest BCUT2D eigenvalue weighted by molar-refractivity contribution is 5.65. The van der Waals surface area contributed by atoms with Gasteiger partial charge in [0.2, 0.25) is 0 Å². The molecular weight excluding hydrogens is 234 g/mol. The molecule has 0 saturated heterocycles. The number of hydrogen-bond donors (Lipinski definition) is 1. The Bertz CT molecular complexity index is 523. The molecule has 1 heterocycles. The second-order valence-electron chi connectivity index (χ2n) is 5.25. The predicted octanol–water partition coefficient (Wildman–Crippen LogP) is 3.15. The summed E-state index contributed by atoms with van der Waals surface area (Å²) in [4.78, 5) is 0. The first-order chi connectivity index (χ1) is 9.10. The Morgan fingerprint density at radius 3 is 2.47 bits per heavy atom. The van der Waals surface area contributed by atoms with Crippen molar-refractivity contribution in [1.82, 2.24) is 15.1 Å². The molecule has 3 heteroatoms. The smallest absolute Gasteiger partial charge is 0.0700 e. The van der Waals surface area contributed by atoms with Gasteiger partial charge in [0.1, 0.15) is 0 Å². The monoisotopic (exact) mass is 257 g/mol. The average molecular weight is 257 g/mol.